The first kappa shape index (κ1) is 12.3. The first-order chi connectivity index (χ1) is 8.74. The van der Waals surface area contributed by atoms with Gasteiger partial charge in [0.15, 0.2) is 0 Å². The predicted molar refractivity (Wildman–Crippen MR) is 71.2 cm³/mol. The van der Waals surface area contributed by atoms with Crippen LogP contribution in [0.3, 0.4) is 0 Å². The van der Waals surface area contributed by atoms with Crippen LogP contribution in [0.4, 0.5) is 5.69 Å². The van der Waals surface area contributed by atoms with E-state index in [2.05, 4.69) is 16.4 Å². The monoisotopic (exact) mass is 241 g/mol. The Kier molecular flexibility index (Phi) is 3.75. The van der Waals surface area contributed by atoms with E-state index in [1.54, 1.807) is 6.20 Å². The summed E-state index contributed by atoms with van der Waals surface area (Å²) in [5, 5.41) is 23.0. The molecule has 0 radical (unpaired) electrons. The smallest absolute Gasteiger partial charge is 0.148 e. The highest BCUT2D eigenvalue weighted by atomic mass is 16.3. The van der Waals surface area contributed by atoms with Gasteiger partial charge in [-0.1, -0.05) is 6.92 Å². The van der Waals surface area contributed by atoms with Crippen molar-refractivity contribution in [1.29, 1.82) is 5.26 Å². The number of hydrogen-bond acceptors (Lipinski definition) is 4. The fourth-order valence-electron chi connectivity index (χ4n) is 1.73. The molecule has 0 aliphatic carbocycles. The van der Waals surface area contributed by atoms with Gasteiger partial charge in [-0.25, -0.2) is 4.98 Å². The molecule has 0 aliphatic rings. The quantitative estimate of drug-likeness (QED) is 0.860. The Hall–Kier alpha value is -2.12. The molecule has 2 rings (SSSR count). The van der Waals surface area contributed by atoms with Gasteiger partial charge in [0.2, 0.25) is 0 Å². The summed E-state index contributed by atoms with van der Waals surface area (Å²) in [6.07, 6.45) is 1.64. The van der Waals surface area contributed by atoms with E-state index in [4.69, 9.17) is 10.4 Å². The summed E-state index contributed by atoms with van der Waals surface area (Å²) >= 11 is 0. The van der Waals surface area contributed by atoms with Crippen molar-refractivity contribution in [2.24, 2.45) is 5.92 Å². The van der Waals surface area contributed by atoms with Gasteiger partial charge in [0, 0.05) is 30.4 Å². The molecule has 1 heterocycles. The van der Waals surface area contributed by atoms with Gasteiger partial charge in [-0.2, -0.15) is 5.26 Å². The molecule has 4 heteroatoms. The van der Waals surface area contributed by atoms with E-state index in [-0.39, 0.29) is 12.5 Å². The molecule has 1 atom stereocenters. The molecule has 0 saturated heterocycles. The van der Waals surface area contributed by atoms with Crippen LogP contribution < -0.4 is 5.32 Å². The van der Waals surface area contributed by atoms with Crippen LogP contribution in [0.25, 0.3) is 10.8 Å². The van der Waals surface area contributed by atoms with Crippen LogP contribution in [-0.2, 0) is 0 Å². The fraction of sp³-hybridized carbons (Fsp3) is 0.286. The number of aliphatic hydroxyl groups is 1. The van der Waals surface area contributed by atoms with Crippen molar-refractivity contribution in [3.05, 3.63) is 36.2 Å². The van der Waals surface area contributed by atoms with Crippen LogP contribution in [-0.4, -0.2) is 23.2 Å². The maximum atomic E-state index is 8.97. The average Bonchev–Trinajstić information content (AvgIpc) is 2.43. The molecule has 4 nitrogen and oxygen atoms in total. The Morgan fingerprint density at radius 3 is 3.00 bits per heavy atom. The summed E-state index contributed by atoms with van der Waals surface area (Å²) in [6.45, 7) is 2.87. The van der Waals surface area contributed by atoms with Gasteiger partial charge >= 0.3 is 0 Å². The fourth-order valence-corrected chi connectivity index (χ4v) is 1.73. The number of rotatable bonds is 4. The van der Waals surface area contributed by atoms with E-state index in [0.717, 1.165) is 23.0 Å². The third kappa shape index (κ3) is 2.58. The summed E-state index contributed by atoms with van der Waals surface area (Å²) in [7, 11) is 0. The number of anilines is 1. The van der Waals surface area contributed by atoms with Gasteiger partial charge in [0.25, 0.3) is 0 Å². The number of hydrogen-bond donors (Lipinski definition) is 2. The minimum atomic E-state index is 0.170. The van der Waals surface area contributed by atoms with E-state index in [1.165, 1.54) is 0 Å². The van der Waals surface area contributed by atoms with Gasteiger partial charge < -0.3 is 10.4 Å². The van der Waals surface area contributed by atoms with Crippen LogP contribution in [0.1, 0.15) is 12.6 Å². The molecular weight excluding hydrogens is 226 g/mol. The number of fused-ring (bicyclic) bond motifs is 1. The molecule has 0 fully saturated rings. The van der Waals surface area contributed by atoms with Gasteiger partial charge in [-0.3, -0.25) is 0 Å². The third-order valence-electron chi connectivity index (χ3n) is 2.84. The second-order valence-electron chi connectivity index (χ2n) is 4.38. The van der Waals surface area contributed by atoms with Crippen molar-refractivity contribution in [1.82, 2.24) is 4.98 Å². The molecule has 0 unspecified atom stereocenters. The molecule has 0 aliphatic heterocycles. The van der Waals surface area contributed by atoms with Crippen LogP contribution in [0.2, 0.25) is 0 Å². The molecule has 2 aromatic rings. The van der Waals surface area contributed by atoms with Crippen molar-refractivity contribution >= 4 is 16.5 Å². The summed E-state index contributed by atoms with van der Waals surface area (Å²) in [6, 6.07) is 9.78. The molecule has 0 amide bonds. The van der Waals surface area contributed by atoms with Crippen molar-refractivity contribution in [2.45, 2.75) is 6.92 Å². The van der Waals surface area contributed by atoms with Gasteiger partial charge in [0.05, 0.1) is 0 Å². The van der Waals surface area contributed by atoms with Crippen molar-refractivity contribution < 1.29 is 5.11 Å². The predicted octanol–water partition coefficient (Wildman–Crippen LogP) is 2.15. The van der Waals surface area contributed by atoms with Crippen LogP contribution in [0.5, 0.6) is 0 Å². The van der Waals surface area contributed by atoms with E-state index < -0.39 is 0 Å². The van der Waals surface area contributed by atoms with Gasteiger partial charge in [-0.05, 0) is 35.6 Å². The van der Waals surface area contributed by atoms with Crippen LogP contribution in [0.15, 0.2) is 30.5 Å². The van der Waals surface area contributed by atoms with Crippen molar-refractivity contribution in [3.8, 4) is 6.07 Å². The Bertz CT molecular complexity index is 589. The lowest BCUT2D eigenvalue weighted by molar-refractivity contribution is 0.244. The van der Waals surface area contributed by atoms with Crippen LogP contribution >= 0.6 is 0 Å². The molecule has 18 heavy (non-hydrogen) atoms. The third-order valence-corrected chi connectivity index (χ3v) is 2.84. The lowest BCUT2D eigenvalue weighted by atomic mass is 10.1. The Labute approximate surface area is 106 Å². The van der Waals surface area contributed by atoms with Crippen LogP contribution in [0, 0.1) is 17.2 Å². The Morgan fingerprint density at radius 2 is 2.28 bits per heavy atom. The van der Waals surface area contributed by atoms with E-state index >= 15 is 0 Å². The highest BCUT2D eigenvalue weighted by Gasteiger charge is 2.03. The largest absolute Gasteiger partial charge is 0.396 e. The van der Waals surface area contributed by atoms with Crippen molar-refractivity contribution in [2.75, 3.05) is 18.5 Å². The number of aromatic nitrogens is 1. The zero-order valence-electron chi connectivity index (χ0n) is 10.2. The van der Waals surface area contributed by atoms with Crippen molar-refractivity contribution in [3.63, 3.8) is 0 Å². The molecule has 0 spiro atoms. The minimum absolute atomic E-state index is 0.170. The normalized spacial score (nSPS) is 12.1. The molecule has 0 saturated carbocycles. The maximum absolute atomic E-state index is 8.97. The number of aliphatic hydroxyl groups excluding tert-OH is 1. The second kappa shape index (κ2) is 5.48. The zero-order chi connectivity index (χ0) is 13.0. The molecule has 1 aromatic heterocycles. The molecular formula is C14H15N3O. The summed E-state index contributed by atoms with van der Waals surface area (Å²) in [5.74, 6) is 0.216. The molecule has 1 aromatic carbocycles. The molecule has 0 bridgehead atoms. The SMILES string of the molecule is C[C@H](CO)CNc1ccc2c(C#N)nccc2c1. The zero-order valence-corrected chi connectivity index (χ0v) is 10.2. The lowest BCUT2D eigenvalue weighted by Crippen LogP contribution is -2.14. The van der Waals surface area contributed by atoms with E-state index in [0.29, 0.717) is 5.69 Å². The molecule has 92 valence electrons. The summed E-state index contributed by atoms with van der Waals surface area (Å²) < 4.78 is 0. The van der Waals surface area contributed by atoms with E-state index in [9.17, 15) is 0 Å². The van der Waals surface area contributed by atoms with Gasteiger partial charge in [-0.15, -0.1) is 0 Å². The Balaban J connectivity index is 2.26. The highest BCUT2D eigenvalue weighted by molar-refractivity contribution is 5.88. The minimum Gasteiger partial charge on any atom is -0.396 e. The summed E-state index contributed by atoms with van der Waals surface area (Å²) in [4.78, 5) is 4.03. The standard InChI is InChI=1S/C14H15N3O/c1-10(9-18)8-17-12-2-3-13-11(6-12)4-5-16-14(13)7-15/h2-6,10,17-18H,8-9H2,1H3/t10-/m0/s1. The number of pyridine rings is 1. The molecule has 2 N–H and O–H groups in total. The first-order valence-corrected chi connectivity index (χ1v) is 5.88. The number of nitrogens with one attached hydrogen (secondary N) is 1. The number of nitriles is 1. The maximum Gasteiger partial charge on any atom is 0.148 e. The lowest BCUT2D eigenvalue weighted by Gasteiger charge is -2.11. The second-order valence-corrected chi connectivity index (χ2v) is 4.38. The highest BCUT2D eigenvalue weighted by Crippen LogP contribution is 2.20. The van der Waals surface area contributed by atoms with Gasteiger partial charge in [0.1, 0.15) is 11.8 Å². The topological polar surface area (TPSA) is 68.9 Å². The number of benzene rings is 1. The summed E-state index contributed by atoms with van der Waals surface area (Å²) in [5.41, 5.74) is 1.43. The first-order valence-electron chi connectivity index (χ1n) is 5.88. The Morgan fingerprint density at radius 1 is 1.44 bits per heavy atom. The average molecular weight is 241 g/mol. The van der Waals surface area contributed by atoms with E-state index in [1.807, 2.05) is 31.2 Å². The number of nitrogens with zero attached hydrogens (tertiary/aromatic N) is 2.